The molecule has 4 heteroatoms. The highest BCUT2D eigenvalue weighted by Crippen LogP contribution is 2.19. The van der Waals surface area contributed by atoms with Crippen molar-refractivity contribution in [2.75, 3.05) is 0 Å². The zero-order valence-electron chi connectivity index (χ0n) is 15.1. The molecule has 1 rings (SSSR count). The smallest absolute Gasteiger partial charge is 0.258 e. The summed E-state index contributed by atoms with van der Waals surface area (Å²) in [5.74, 6) is -0.452. The SMILES string of the molecule is CCCCCCCCCCCCCCc1ccc([N+](=O)[O-])cc1F. The first-order chi connectivity index (χ1) is 11.6. The Hall–Kier alpha value is -1.45. The van der Waals surface area contributed by atoms with E-state index in [-0.39, 0.29) is 5.69 Å². The minimum Gasteiger partial charge on any atom is -0.258 e. The van der Waals surface area contributed by atoms with Gasteiger partial charge in [0.2, 0.25) is 0 Å². The van der Waals surface area contributed by atoms with Crippen LogP contribution in [-0.4, -0.2) is 4.92 Å². The maximum Gasteiger partial charge on any atom is 0.272 e. The third-order valence-corrected chi connectivity index (χ3v) is 4.55. The topological polar surface area (TPSA) is 43.1 Å². The summed E-state index contributed by atoms with van der Waals surface area (Å²) in [6.45, 7) is 2.25. The molecule has 0 aliphatic rings. The Bertz CT molecular complexity index is 477. The summed E-state index contributed by atoms with van der Waals surface area (Å²) in [6, 6.07) is 3.96. The molecule has 0 aromatic heterocycles. The molecular formula is C20H32FNO2. The van der Waals surface area contributed by atoms with E-state index in [1.54, 1.807) is 6.07 Å². The lowest BCUT2D eigenvalue weighted by Crippen LogP contribution is -1.94. The van der Waals surface area contributed by atoms with E-state index in [1.807, 2.05) is 0 Å². The molecule has 24 heavy (non-hydrogen) atoms. The molecule has 0 bridgehead atoms. The van der Waals surface area contributed by atoms with E-state index >= 15 is 0 Å². The minimum absolute atomic E-state index is 0.175. The summed E-state index contributed by atoms with van der Waals surface area (Å²) < 4.78 is 13.7. The number of non-ortho nitro benzene ring substituents is 1. The van der Waals surface area contributed by atoms with Gasteiger partial charge in [0.25, 0.3) is 5.69 Å². The first-order valence-electron chi connectivity index (χ1n) is 9.58. The van der Waals surface area contributed by atoms with Gasteiger partial charge in [-0.2, -0.15) is 0 Å². The molecular weight excluding hydrogens is 305 g/mol. The fraction of sp³-hybridized carbons (Fsp3) is 0.700. The molecule has 0 aliphatic carbocycles. The van der Waals surface area contributed by atoms with Gasteiger partial charge < -0.3 is 0 Å². The number of nitro groups is 1. The van der Waals surface area contributed by atoms with Crippen LogP contribution in [0.2, 0.25) is 0 Å². The summed E-state index contributed by atoms with van der Waals surface area (Å²) in [6.07, 6.45) is 16.0. The van der Waals surface area contributed by atoms with Gasteiger partial charge in [-0.3, -0.25) is 10.1 Å². The number of hydrogen-bond donors (Lipinski definition) is 0. The first kappa shape index (κ1) is 20.6. The van der Waals surface area contributed by atoms with Crippen LogP contribution < -0.4 is 0 Å². The van der Waals surface area contributed by atoms with Crippen molar-refractivity contribution in [2.24, 2.45) is 0 Å². The zero-order chi connectivity index (χ0) is 17.6. The van der Waals surface area contributed by atoms with Crippen molar-refractivity contribution in [3.63, 3.8) is 0 Å². The molecule has 0 atom stereocenters. The fourth-order valence-electron chi connectivity index (χ4n) is 3.01. The second kappa shape index (κ2) is 12.9. The Morgan fingerprint density at radius 1 is 0.875 bits per heavy atom. The summed E-state index contributed by atoms with van der Waals surface area (Å²) in [5.41, 5.74) is 0.415. The second-order valence-electron chi connectivity index (χ2n) is 6.67. The number of benzene rings is 1. The van der Waals surface area contributed by atoms with E-state index in [9.17, 15) is 14.5 Å². The largest absolute Gasteiger partial charge is 0.272 e. The number of hydrogen-bond acceptors (Lipinski definition) is 2. The highest BCUT2D eigenvalue weighted by atomic mass is 19.1. The fourth-order valence-corrected chi connectivity index (χ4v) is 3.01. The van der Waals surface area contributed by atoms with Crippen LogP contribution in [0.3, 0.4) is 0 Å². The maximum absolute atomic E-state index is 13.7. The molecule has 136 valence electrons. The van der Waals surface area contributed by atoms with E-state index in [0.29, 0.717) is 12.0 Å². The van der Waals surface area contributed by atoms with Crippen LogP contribution in [0, 0.1) is 15.9 Å². The minimum atomic E-state index is -0.559. The van der Waals surface area contributed by atoms with Gasteiger partial charge in [-0.1, -0.05) is 77.6 Å². The Labute approximate surface area is 145 Å². The predicted octanol–water partition coefficient (Wildman–Crippen LogP) is 6.98. The molecule has 1 aromatic rings. The lowest BCUT2D eigenvalue weighted by molar-refractivity contribution is -0.385. The average molecular weight is 337 g/mol. The van der Waals surface area contributed by atoms with E-state index in [0.717, 1.165) is 18.9 Å². The number of nitro benzene ring substituents is 1. The molecule has 0 radical (unpaired) electrons. The van der Waals surface area contributed by atoms with Crippen molar-refractivity contribution < 1.29 is 9.31 Å². The molecule has 0 amide bonds. The van der Waals surface area contributed by atoms with Crippen LogP contribution in [0.4, 0.5) is 10.1 Å². The van der Waals surface area contributed by atoms with Gasteiger partial charge in [-0.15, -0.1) is 0 Å². The number of unbranched alkanes of at least 4 members (excludes halogenated alkanes) is 11. The molecule has 0 fully saturated rings. The number of halogens is 1. The lowest BCUT2D eigenvalue weighted by atomic mass is 10.0. The van der Waals surface area contributed by atoms with E-state index in [4.69, 9.17) is 0 Å². The van der Waals surface area contributed by atoms with Crippen molar-refractivity contribution in [3.8, 4) is 0 Å². The molecule has 0 N–H and O–H groups in total. The average Bonchev–Trinajstić information content (AvgIpc) is 2.57. The Balaban J connectivity index is 2.00. The number of aryl methyl sites for hydroxylation is 1. The van der Waals surface area contributed by atoms with Gasteiger partial charge in [0.05, 0.1) is 11.0 Å². The highest BCUT2D eigenvalue weighted by molar-refractivity contribution is 5.34. The van der Waals surface area contributed by atoms with Gasteiger partial charge in [0, 0.05) is 6.07 Å². The highest BCUT2D eigenvalue weighted by Gasteiger charge is 2.10. The molecule has 0 saturated carbocycles. The summed E-state index contributed by atoms with van der Waals surface area (Å²) in [7, 11) is 0. The van der Waals surface area contributed by atoms with Crippen LogP contribution in [0.15, 0.2) is 18.2 Å². The predicted molar refractivity (Wildman–Crippen MR) is 97.8 cm³/mol. The third-order valence-electron chi connectivity index (χ3n) is 4.55. The molecule has 0 heterocycles. The molecule has 1 aromatic carbocycles. The van der Waals surface area contributed by atoms with Crippen LogP contribution in [0.1, 0.15) is 89.5 Å². The standard InChI is InChI=1S/C20H32FNO2/c1-2-3-4-5-6-7-8-9-10-11-12-13-14-18-15-16-19(22(23)24)17-20(18)21/h15-17H,2-14H2,1H3. The van der Waals surface area contributed by atoms with Crippen LogP contribution in [0.25, 0.3) is 0 Å². The van der Waals surface area contributed by atoms with Crippen molar-refractivity contribution in [2.45, 2.75) is 90.4 Å². The summed E-state index contributed by atoms with van der Waals surface area (Å²) >= 11 is 0. The lowest BCUT2D eigenvalue weighted by Gasteiger charge is -2.04. The summed E-state index contributed by atoms with van der Waals surface area (Å²) in [4.78, 5) is 10.0. The Morgan fingerprint density at radius 2 is 1.38 bits per heavy atom. The van der Waals surface area contributed by atoms with Crippen LogP contribution in [-0.2, 0) is 6.42 Å². The Morgan fingerprint density at radius 3 is 1.83 bits per heavy atom. The molecule has 0 aliphatic heterocycles. The first-order valence-corrected chi connectivity index (χ1v) is 9.58. The van der Waals surface area contributed by atoms with Gasteiger partial charge in [0.1, 0.15) is 5.82 Å². The van der Waals surface area contributed by atoms with E-state index in [2.05, 4.69) is 6.92 Å². The van der Waals surface area contributed by atoms with Crippen molar-refractivity contribution >= 4 is 5.69 Å². The van der Waals surface area contributed by atoms with Gasteiger partial charge in [-0.25, -0.2) is 4.39 Å². The number of rotatable bonds is 14. The maximum atomic E-state index is 13.7. The summed E-state index contributed by atoms with van der Waals surface area (Å²) in [5, 5.41) is 10.6. The van der Waals surface area contributed by atoms with E-state index < -0.39 is 10.7 Å². The quantitative estimate of drug-likeness (QED) is 0.209. The van der Waals surface area contributed by atoms with Gasteiger partial charge in [-0.05, 0) is 24.5 Å². The van der Waals surface area contributed by atoms with Crippen molar-refractivity contribution in [1.29, 1.82) is 0 Å². The van der Waals surface area contributed by atoms with E-state index in [1.165, 1.54) is 70.3 Å². The van der Waals surface area contributed by atoms with Crippen LogP contribution >= 0.6 is 0 Å². The van der Waals surface area contributed by atoms with Crippen molar-refractivity contribution in [3.05, 3.63) is 39.7 Å². The molecule has 3 nitrogen and oxygen atoms in total. The third kappa shape index (κ3) is 8.99. The van der Waals surface area contributed by atoms with Crippen molar-refractivity contribution in [1.82, 2.24) is 0 Å². The van der Waals surface area contributed by atoms with Crippen LogP contribution in [0.5, 0.6) is 0 Å². The Kier molecular flexibility index (Phi) is 11.1. The molecule has 0 unspecified atom stereocenters. The van der Waals surface area contributed by atoms with Gasteiger partial charge in [0.15, 0.2) is 0 Å². The normalized spacial score (nSPS) is 10.9. The second-order valence-corrected chi connectivity index (χ2v) is 6.67. The number of nitrogens with zero attached hydrogens (tertiary/aromatic N) is 1. The molecule has 0 spiro atoms. The van der Waals surface area contributed by atoms with Gasteiger partial charge >= 0.3 is 0 Å². The zero-order valence-corrected chi connectivity index (χ0v) is 15.1. The molecule has 0 saturated heterocycles. The monoisotopic (exact) mass is 337 g/mol.